The number of amides is 2. The summed E-state index contributed by atoms with van der Waals surface area (Å²) in [5.74, 6) is 1.53. The van der Waals surface area contributed by atoms with Gasteiger partial charge in [-0.1, -0.05) is 12.1 Å². The predicted octanol–water partition coefficient (Wildman–Crippen LogP) is 2.84. The van der Waals surface area contributed by atoms with Gasteiger partial charge < -0.3 is 10.6 Å². The van der Waals surface area contributed by atoms with E-state index in [2.05, 4.69) is 41.0 Å². The van der Waals surface area contributed by atoms with Crippen LogP contribution in [0.1, 0.15) is 29.2 Å². The van der Waals surface area contributed by atoms with Crippen LogP contribution in [0.5, 0.6) is 0 Å². The number of aromatic nitrogens is 6. The predicted molar refractivity (Wildman–Crippen MR) is 136 cm³/mol. The molecule has 10 nitrogen and oxygen atoms in total. The first-order valence-electron chi connectivity index (χ1n) is 12.2. The molecule has 0 unspecified atom stereocenters. The summed E-state index contributed by atoms with van der Waals surface area (Å²) in [6.45, 7) is 0. The second kappa shape index (κ2) is 11.4. The molecular formula is C27H26N8O2. The molecule has 4 aromatic rings. The minimum atomic E-state index is -0.178. The Bertz CT molecular complexity index is 1230. The maximum Gasteiger partial charge on any atom is 0.231 e. The van der Waals surface area contributed by atoms with Gasteiger partial charge in [0.1, 0.15) is 0 Å². The zero-order chi connectivity index (χ0) is 25.5. The van der Waals surface area contributed by atoms with Gasteiger partial charge in [0.2, 0.25) is 11.8 Å². The van der Waals surface area contributed by atoms with Crippen LogP contribution in [0.25, 0.3) is 0 Å². The van der Waals surface area contributed by atoms with E-state index in [9.17, 15) is 9.59 Å². The van der Waals surface area contributed by atoms with E-state index >= 15 is 0 Å². The van der Waals surface area contributed by atoms with Crippen molar-refractivity contribution in [2.45, 2.75) is 32.1 Å². The number of anilines is 2. The highest BCUT2D eigenvalue weighted by atomic mass is 16.2. The number of carbonyl (C=O) groups is 2. The molecule has 0 spiro atoms. The van der Waals surface area contributed by atoms with Crippen LogP contribution in [0.3, 0.4) is 0 Å². The van der Waals surface area contributed by atoms with Crippen LogP contribution in [-0.4, -0.2) is 42.2 Å². The van der Waals surface area contributed by atoms with Crippen molar-refractivity contribution in [3.8, 4) is 0 Å². The molecule has 0 aromatic carbocycles. The van der Waals surface area contributed by atoms with Crippen LogP contribution in [0, 0.1) is 11.8 Å². The third-order valence-corrected chi connectivity index (χ3v) is 6.12. The molecule has 2 amide bonds. The van der Waals surface area contributed by atoms with Crippen molar-refractivity contribution in [3.05, 3.63) is 95.8 Å². The lowest BCUT2D eigenvalue weighted by atomic mass is 10.1. The lowest BCUT2D eigenvalue weighted by Gasteiger charge is -2.05. The van der Waals surface area contributed by atoms with Gasteiger partial charge in [-0.3, -0.25) is 19.6 Å². The van der Waals surface area contributed by atoms with Crippen molar-refractivity contribution in [2.24, 2.45) is 11.8 Å². The van der Waals surface area contributed by atoms with Gasteiger partial charge >= 0.3 is 0 Å². The topological polar surface area (TPSA) is 136 Å². The van der Waals surface area contributed by atoms with E-state index in [4.69, 9.17) is 0 Å². The smallest absolute Gasteiger partial charge is 0.231 e. The molecule has 4 heterocycles. The number of nitrogens with one attached hydrogen (secondary N) is 2. The van der Waals surface area contributed by atoms with Crippen LogP contribution in [-0.2, 0) is 35.3 Å². The van der Waals surface area contributed by atoms with E-state index in [0.29, 0.717) is 34.9 Å². The normalized spacial score (nSPS) is 16.1. The summed E-state index contributed by atoms with van der Waals surface area (Å²) in [7, 11) is 0. The molecule has 0 saturated heterocycles. The van der Waals surface area contributed by atoms with Crippen molar-refractivity contribution in [1.82, 2.24) is 30.4 Å². The fourth-order valence-electron chi connectivity index (χ4n) is 4.13. The Morgan fingerprint density at radius 3 is 1.49 bits per heavy atom. The van der Waals surface area contributed by atoms with Gasteiger partial charge in [0.25, 0.3) is 0 Å². The third-order valence-electron chi connectivity index (χ3n) is 6.12. The zero-order valence-corrected chi connectivity index (χ0v) is 20.1. The Labute approximate surface area is 214 Å². The summed E-state index contributed by atoms with van der Waals surface area (Å²) >= 11 is 0. The standard InChI is InChI=1S/C27H26N8O2/c36-26(16-20-5-1-3-11-28-20)30-24-9-7-22(32-34-24)14-18-13-19(18)15-23-8-10-25(35-33-23)31-27(37)17-21-6-2-4-12-29-21/h1-12,18-19H,13-17H2,(H,30,34,36)(H,31,35,37)/t18-,19-/m0/s1. The highest BCUT2D eigenvalue weighted by Gasteiger charge is 2.37. The van der Waals surface area contributed by atoms with Crippen molar-refractivity contribution >= 4 is 23.5 Å². The number of nitrogens with zero attached hydrogens (tertiary/aromatic N) is 6. The van der Waals surface area contributed by atoms with Gasteiger partial charge in [-0.2, -0.15) is 10.2 Å². The molecule has 0 aliphatic heterocycles. The number of carbonyl (C=O) groups excluding carboxylic acids is 2. The highest BCUT2D eigenvalue weighted by Crippen LogP contribution is 2.42. The Hall–Kier alpha value is -4.60. The van der Waals surface area contributed by atoms with Crippen molar-refractivity contribution in [3.63, 3.8) is 0 Å². The van der Waals surface area contributed by atoms with Gasteiger partial charge in [0.15, 0.2) is 11.6 Å². The minimum absolute atomic E-state index is 0.178. The van der Waals surface area contributed by atoms with Crippen LogP contribution in [0.4, 0.5) is 11.6 Å². The molecule has 37 heavy (non-hydrogen) atoms. The molecule has 10 heteroatoms. The molecule has 1 fully saturated rings. The van der Waals surface area contributed by atoms with Crippen molar-refractivity contribution < 1.29 is 9.59 Å². The lowest BCUT2D eigenvalue weighted by Crippen LogP contribution is -2.16. The Morgan fingerprint density at radius 1 is 0.622 bits per heavy atom. The van der Waals surface area contributed by atoms with Crippen LogP contribution < -0.4 is 10.6 Å². The fraction of sp³-hybridized carbons (Fsp3) is 0.259. The second-order valence-electron chi connectivity index (χ2n) is 9.08. The largest absolute Gasteiger partial charge is 0.309 e. The molecule has 1 aliphatic rings. The molecular weight excluding hydrogens is 468 g/mol. The SMILES string of the molecule is O=C(Cc1ccccn1)Nc1ccc(C[C@@H]2C[C@H]2Cc2ccc(NC(=O)Cc3ccccn3)nn2)nn1. The second-order valence-corrected chi connectivity index (χ2v) is 9.08. The molecule has 0 bridgehead atoms. The molecule has 4 aromatic heterocycles. The summed E-state index contributed by atoms with van der Waals surface area (Å²) in [6.07, 6.45) is 6.45. The lowest BCUT2D eigenvalue weighted by molar-refractivity contribution is -0.116. The number of rotatable bonds is 10. The van der Waals surface area contributed by atoms with Crippen molar-refractivity contribution in [1.29, 1.82) is 0 Å². The van der Waals surface area contributed by atoms with Gasteiger partial charge in [0.05, 0.1) is 24.2 Å². The molecule has 2 N–H and O–H groups in total. The summed E-state index contributed by atoms with van der Waals surface area (Å²) in [6, 6.07) is 18.3. The first-order chi connectivity index (χ1) is 18.1. The maximum absolute atomic E-state index is 12.2. The third kappa shape index (κ3) is 7.20. The summed E-state index contributed by atoms with van der Waals surface area (Å²) in [4.78, 5) is 32.6. The minimum Gasteiger partial charge on any atom is -0.309 e. The number of hydrogen-bond acceptors (Lipinski definition) is 8. The highest BCUT2D eigenvalue weighted by molar-refractivity contribution is 5.91. The van der Waals surface area contributed by atoms with Gasteiger partial charge in [-0.25, -0.2) is 0 Å². The first-order valence-corrected chi connectivity index (χ1v) is 12.2. The summed E-state index contributed by atoms with van der Waals surface area (Å²) < 4.78 is 0. The van der Waals surface area contributed by atoms with E-state index in [-0.39, 0.29) is 24.7 Å². The quantitative estimate of drug-likeness (QED) is 0.344. The molecule has 1 aliphatic carbocycles. The van der Waals surface area contributed by atoms with E-state index in [0.717, 1.165) is 30.7 Å². The summed E-state index contributed by atoms with van der Waals surface area (Å²) in [5.41, 5.74) is 3.20. The van der Waals surface area contributed by atoms with Crippen LogP contribution in [0.2, 0.25) is 0 Å². The monoisotopic (exact) mass is 494 g/mol. The van der Waals surface area contributed by atoms with Gasteiger partial charge in [-0.05, 0) is 79.6 Å². The fourth-order valence-corrected chi connectivity index (χ4v) is 4.13. The van der Waals surface area contributed by atoms with E-state index in [1.165, 1.54) is 0 Å². The van der Waals surface area contributed by atoms with Crippen LogP contribution in [0.15, 0.2) is 73.1 Å². The Morgan fingerprint density at radius 2 is 1.11 bits per heavy atom. The molecule has 186 valence electrons. The average Bonchev–Trinajstić information content (AvgIpc) is 3.64. The first kappa shape index (κ1) is 24.1. The average molecular weight is 495 g/mol. The molecule has 1 saturated carbocycles. The van der Waals surface area contributed by atoms with E-state index in [1.54, 1.807) is 24.5 Å². The van der Waals surface area contributed by atoms with E-state index in [1.807, 2.05) is 48.5 Å². The number of hydrogen-bond donors (Lipinski definition) is 2. The van der Waals surface area contributed by atoms with E-state index < -0.39 is 0 Å². The van der Waals surface area contributed by atoms with Crippen molar-refractivity contribution in [2.75, 3.05) is 10.6 Å². The number of pyridine rings is 2. The molecule has 5 rings (SSSR count). The Balaban J connectivity index is 1.04. The van der Waals surface area contributed by atoms with Gasteiger partial charge in [0, 0.05) is 23.8 Å². The maximum atomic E-state index is 12.2. The van der Waals surface area contributed by atoms with Crippen LogP contribution >= 0.6 is 0 Å². The Kier molecular flexibility index (Phi) is 7.44. The summed E-state index contributed by atoms with van der Waals surface area (Å²) in [5, 5.41) is 22.4. The van der Waals surface area contributed by atoms with Gasteiger partial charge in [-0.15, -0.1) is 10.2 Å². The zero-order valence-electron chi connectivity index (χ0n) is 20.1. The molecule has 0 radical (unpaired) electrons. The molecule has 2 atom stereocenters.